The summed E-state index contributed by atoms with van der Waals surface area (Å²) in [5, 5.41) is 2.40. The average molecular weight is 452 g/mol. The lowest BCUT2D eigenvalue weighted by atomic mass is 10.2. The van der Waals surface area contributed by atoms with E-state index in [-0.39, 0.29) is 24.1 Å². The molecule has 1 heterocycles. The van der Waals surface area contributed by atoms with E-state index in [0.717, 1.165) is 5.56 Å². The van der Waals surface area contributed by atoms with Crippen LogP contribution in [0.4, 0.5) is 4.39 Å². The molecule has 3 aromatic rings. The van der Waals surface area contributed by atoms with Gasteiger partial charge >= 0.3 is 0 Å². The van der Waals surface area contributed by atoms with Crippen LogP contribution in [-0.2, 0) is 9.59 Å². The lowest BCUT2D eigenvalue weighted by molar-refractivity contribution is -0.128. The van der Waals surface area contributed by atoms with E-state index in [2.05, 4.69) is 15.8 Å². The number of halogens is 2. The highest BCUT2D eigenvalue weighted by Gasteiger charge is 2.10. The van der Waals surface area contributed by atoms with Gasteiger partial charge in [0.05, 0.1) is 11.4 Å². The predicted molar refractivity (Wildman–Crippen MR) is 111 cm³/mol. The van der Waals surface area contributed by atoms with Crippen LogP contribution in [0.3, 0.4) is 0 Å². The molecule has 0 fully saturated rings. The molecular weight excluding hydrogens is 437 g/mol. The summed E-state index contributed by atoms with van der Waals surface area (Å²) in [6.45, 7) is -0.247. The van der Waals surface area contributed by atoms with Crippen LogP contribution >= 0.6 is 34.7 Å². The molecule has 0 aliphatic rings. The second kappa shape index (κ2) is 10.2. The zero-order valence-corrected chi connectivity index (χ0v) is 17.2. The van der Waals surface area contributed by atoms with Crippen molar-refractivity contribution in [3.63, 3.8) is 0 Å². The van der Waals surface area contributed by atoms with Crippen LogP contribution in [0.1, 0.15) is 0 Å². The van der Waals surface area contributed by atoms with Crippen molar-refractivity contribution >= 4 is 46.5 Å². The maximum atomic E-state index is 13.0. The molecule has 0 radical (unpaired) electrons. The standard InChI is InChI=1S/C19H15ClFN3O3S2/c20-13-3-7-15(8-4-13)27-9-17(25)23-24-18(26)11-29-19-22-16(10-28-19)12-1-5-14(21)6-2-12/h1-8,10H,9,11H2,(H,23,25)(H,24,26). The molecule has 0 unspecified atom stereocenters. The molecule has 0 atom stereocenters. The number of hydrogen-bond donors (Lipinski definition) is 2. The van der Waals surface area contributed by atoms with E-state index in [4.69, 9.17) is 16.3 Å². The zero-order valence-electron chi connectivity index (χ0n) is 14.9. The Kier molecular flexibility index (Phi) is 7.45. The molecule has 2 N–H and O–H groups in total. The number of carbonyl (C=O) groups is 2. The summed E-state index contributed by atoms with van der Waals surface area (Å²) in [5.74, 6) is -0.614. The molecule has 0 aliphatic heterocycles. The molecule has 0 spiro atoms. The number of amides is 2. The SMILES string of the molecule is O=C(COc1ccc(Cl)cc1)NNC(=O)CSc1nc(-c2ccc(F)cc2)cs1. The van der Waals surface area contributed by atoms with Crippen LogP contribution in [0.15, 0.2) is 58.3 Å². The van der Waals surface area contributed by atoms with E-state index < -0.39 is 5.91 Å². The molecule has 0 aliphatic carbocycles. The lowest BCUT2D eigenvalue weighted by Gasteiger charge is -2.08. The first-order valence-electron chi connectivity index (χ1n) is 8.30. The van der Waals surface area contributed by atoms with E-state index in [0.29, 0.717) is 20.8 Å². The fourth-order valence-corrected chi connectivity index (χ4v) is 3.86. The minimum atomic E-state index is -0.494. The van der Waals surface area contributed by atoms with E-state index in [1.54, 1.807) is 36.4 Å². The summed E-state index contributed by atoms with van der Waals surface area (Å²) in [5.41, 5.74) is 6.11. The third-order valence-corrected chi connectivity index (χ3v) is 5.75. The highest BCUT2D eigenvalue weighted by Crippen LogP contribution is 2.28. The van der Waals surface area contributed by atoms with Crippen molar-refractivity contribution in [2.75, 3.05) is 12.4 Å². The largest absolute Gasteiger partial charge is 0.484 e. The Morgan fingerprint density at radius 1 is 1.07 bits per heavy atom. The molecule has 0 saturated heterocycles. The smallest absolute Gasteiger partial charge is 0.276 e. The number of thiazole rings is 1. The van der Waals surface area contributed by atoms with Crippen LogP contribution in [0.25, 0.3) is 11.3 Å². The van der Waals surface area contributed by atoms with Gasteiger partial charge in [-0.3, -0.25) is 20.4 Å². The quantitative estimate of drug-likeness (QED) is 0.420. The Hall–Kier alpha value is -2.62. The van der Waals surface area contributed by atoms with Gasteiger partial charge in [0.1, 0.15) is 11.6 Å². The predicted octanol–water partition coefficient (Wildman–Crippen LogP) is 3.92. The van der Waals surface area contributed by atoms with Crippen molar-refractivity contribution in [3.8, 4) is 17.0 Å². The third-order valence-electron chi connectivity index (χ3n) is 3.47. The number of hydrazine groups is 1. The van der Waals surface area contributed by atoms with Gasteiger partial charge in [-0.2, -0.15) is 0 Å². The second-order valence-corrected chi connectivity index (χ2v) is 8.15. The molecule has 6 nitrogen and oxygen atoms in total. The molecular formula is C19H15ClFN3O3S2. The molecule has 0 saturated carbocycles. The van der Waals surface area contributed by atoms with Gasteiger partial charge in [-0.15, -0.1) is 11.3 Å². The van der Waals surface area contributed by atoms with E-state index in [9.17, 15) is 14.0 Å². The van der Waals surface area contributed by atoms with Crippen molar-refractivity contribution in [2.45, 2.75) is 4.34 Å². The van der Waals surface area contributed by atoms with E-state index in [1.165, 1.54) is 35.2 Å². The summed E-state index contributed by atoms with van der Waals surface area (Å²) in [6.07, 6.45) is 0. The fraction of sp³-hybridized carbons (Fsp3) is 0.105. The summed E-state index contributed by atoms with van der Waals surface area (Å²) < 4.78 is 19.0. The van der Waals surface area contributed by atoms with Crippen LogP contribution in [-0.4, -0.2) is 29.2 Å². The van der Waals surface area contributed by atoms with Gasteiger partial charge in [-0.1, -0.05) is 23.4 Å². The van der Waals surface area contributed by atoms with Gasteiger partial charge in [0.15, 0.2) is 10.9 Å². The number of nitrogens with one attached hydrogen (secondary N) is 2. The number of carbonyl (C=O) groups excluding carboxylic acids is 2. The molecule has 2 amide bonds. The second-order valence-electron chi connectivity index (χ2n) is 5.63. The van der Waals surface area contributed by atoms with Gasteiger partial charge < -0.3 is 4.74 Å². The number of aromatic nitrogens is 1. The van der Waals surface area contributed by atoms with Gasteiger partial charge in [-0.25, -0.2) is 9.37 Å². The number of rotatable bonds is 7. The molecule has 0 bridgehead atoms. The lowest BCUT2D eigenvalue weighted by Crippen LogP contribution is -2.44. The highest BCUT2D eigenvalue weighted by molar-refractivity contribution is 8.01. The van der Waals surface area contributed by atoms with E-state index in [1.807, 2.05) is 5.38 Å². The Morgan fingerprint density at radius 3 is 2.48 bits per heavy atom. The number of benzene rings is 2. The van der Waals surface area contributed by atoms with Gasteiger partial charge in [0.25, 0.3) is 5.91 Å². The number of nitrogens with zero attached hydrogens (tertiary/aromatic N) is 1. The molecule has 150 valence electrons. The van der Waals surface area contributed by atoms with Gasteiger partial charge in [0.2, 0.25) is 5.91 Å². The summed E-state index contributed by atoms with van der Waals surface area (Å²) in [6, 6.07) is 12.6. The average Bonchev–Trinajstić information content (AvgIpc) is 3.20. The van der Waals surface area contributed by atoms with Crippen molar-refractivity contribution in [3.05, 3.63) is 64.8 Å². The minimum absolute atomic E-state index is 0.0781. The normalized spacial score (nSPS) is 10.4. The summed E-state index contributed by atoms with van der Waals surface area (Å²) in [7, 11) is 0. The molecule has 1 aromatic heterocycles. The minimum Gasteiger partial charge on any atom is -0.484 e. The van der Waals surface area contributed by atoms with Crippen LogP contribution in [0, 0.1) is 5.82 Å². The van der Waals surface area contributed by atoms with Gasteiger partial charge in [-0.05, 0) is 48.5 Å². The zero-order chi connectivity index (χ0) is 20.6. The number of ether oxygens (including phenoxy) is 1. The van der Waals surface area contributed by atoms with Crippen molar-refractivity contribution in [1.29, 1.82) is 0 Å². The first-order valence-corrected chi connectivity index (χ1v) is 10.5. The summed E-state index contributed by atoms with van der Waals surface area (Å²) in [4.78, 5) is 28.0. The molecule has 10 heteroatoms. The van der Waals surface area contributed by atoms with Crippen LogP contribution in [0.5, 0.6) is 5.75 Å². The van der Waals surface area contributed by atoms with Crippen LogP contribution in [0.2, 0.25) is 5.02 Å². The first-order chi connectivity index (χ1) is 14.0. The van der Waals surface area contributed by atoms with E-state index >= 15 is 0 Å². The van der Waals surface area contributed by atoms with Gasteiger partial charge in [0, 0.05) is 16.0 Å². The third kappa shape index (κ3) is 6.74. The maximum absolute atomic E-state index is 13.0. The maximum Gasteiger partial charge on any atom is 0.276 e. The molecule has 29 heavy (non-hydrogen) atoms. The Labute approximate surface area is 179 Å². The summed E-state index contributed by atoms with van der Waals surface area (Å²) >= 11 is 8.39. The van der Waals surface area contributed by atoms with Crippen molar-refractivity contribution < 1.29 is 18.7 Å². The van der Waals surface area contributed by atoms with Crippen molar-refractivity contribution in [1.82, 2.24) is 15.8 Å². The Balaban J connectivity index is 1.38. The highest BCUT2D eigenvalue weighted by atomic mass is 35.5. The molecule has 3 rings (SSSR count). The Bertz CT molecular complexity index is 981. The number of hydrogen-bond acceptors (Lipinski definition) is 6. The first kappa shape index (κ1) is 21.1. The monoisotopic (exact) mass is 451 g/mol. The molecule has 2 aromatic carbocycles. The fourth-order valence-electron chi connectivity index (χ4n) is 2.10. The Morgan fingerprint density at radius 2 is 1.76 bits per heavy atom. The van der Waals surface area contributed by atoms with Crippen LogP contribution < -0.4 is 15.6 Å². The number of thioether (sulfide) groups is 1. The topological polar surface area (TPSA) is 80.3 Å². The van der Waals surface area contributed by atoms with Crippen molar-refractivity contribution in [2.24, 2.45) is 0 Å².